The molecule has 7 heteroatoms. The quantitative estimate of drug-likeness (QED) is 0.858. The third-order valence-electron chi connectivity index (χ3n) is 3.26. The second-order valence-electron chi connectivity index (χ2n) is 4.71. The fraction of sp³-hybridized carbons (Fsp3) is 0.462. The molecule has 2 rings (SSSR count). The van der Waals surface area contributed by atoms with Gasteiger partial charge in [-0.25, -0.2) is 0 Å². The second-order valence-corrected chi connectivity index (χ2v) is 5.56. The largest absolute Gasteiger partial charge is 0.416 e. The van der Waals surface area contributed by atoms with Crippen LogP contribution in [0, 0.1) is 5.92 Å². The Morgan fingerprint density at radius 1 is 1.30 bits per heavy atom. The Labute approximate surface area is 123 Å². The summed E-state index contributed by atoms with van der Waals surface area (Å²) in [7, 11) is 0. The second kappa shape index (κ2) is 6.13. The first-order valence-corrected chi connectivity index (χ1v) is 7.05. The molecule has 20 heavy (non-hydrogen) atoms. The zero-order valence-corrected chi connectivity index (χ0v) is 12.1. The third kappa shape index (κ3) is 3.73. The molecule has 110 valence electrons. The van der Waals surface area contributed by atoms with Crippen molar-refractivity contribution in [2.24, 2.45) is 5.92 Å². The highest BCUT2D eigenvalue weighted by atomic mass is 79.9. The molecule has 1 aliphatic heterocycles. The van der Waals surface area contributed by atoms with Crippen LogP contribution in [0.25, 0.3) is 0 Å². The van der Waals surface area contributed by atoms with E-state index in [-0.39, 0.29) is 17.5 Å². The first-order valence-electron chi connectivity index (χ1n) is 6.26. The number of anilines is 1. The van der Waals surface area contributed by atoms with E-state index in [9.17, 15) is 18.0 Å². The zero-order chi connectivity index (χ0) is 14.8. The van der Waals surface area contributed by atoms with Gasteiger partial charge >= 0.3 is 6.18 Å². The van der Waals surface area contributed by atoms with Gasteiger partial charge in [0.2, 0.25) is 5.91 Å². The van der Waals surface area contributed by atoms with Crippen molar-refractivity contribution in [1.82, 2.24) is 5.32 Å². The molecule has 1 aliphatic rings. The Kier molecular flexibility index (Phi) is 4.70. The molecule has 1 aromatic carbocycles. The third-order valence-corrected chi connectivity index (χ3v) is 3.95. The molecule has 0 unspecified atom stereocenters. The molecule has 0 radical (unpaired) electrons. The van der Waals surface area contributed by atoms with E-state index in [1.807, 2.05) is 0 Å². The Morgan fingerprint density at radius 2 is 1.95 bits per heavy atom. The standard InChI is InChI=1S/C13H14BrF3N2O/c14-10-2-1-9(13(15,16)17)7-11(10)19-12(20)8-3-5-18-6-4-8/h1-2,7-8,18H,3-6H2,(H,19,20). The van der Waals surface area contributed by atoms with Crippen molar-refractivity contribution in [3.05, 3.63) is 28.2 Å². The molecule has 0 aliphatic carbocycles. The zero-order valence-electron chi connectivity index (χ0n) is 10.6. The lowest BCUT2D eigenvalue weighted by Crippen LogP contribution is -2.34. The minimum absolute atomic E-state index is 0.155. The summed E-state index contributed by atoms with van der Waals surface area (Å²) in [5, 5.41) is 5.71. The van der Waals surface area contributed by atoms with Crippen molar-refractivity contribution in [2.75, 3.05) is 18.4 Å². The molecular weight excluding hydrogens is 337 g/mol. The maximum Gasteiger partial charge on any atom is 0.416 e. The molecule has 3 nitrogen and oxygen atoms in total. The normalized spacial score (nSPS) is 17.0. The minimum Gasteiger partial charge on any atom is -0.325 e. The van der Waals surface area contributed by atoms with Gasteiger partial charge in [-0.05, 0) is 60.1 Å². The predicted octanol–water partition coefficient (Wildman–Crippen LogP) is 3.41. The Balaban J connectivity index is 2.13. The Bertz CT molecular complexity index is 499. The summed E-state index contributed by atoms with van der Waals surface area (Å²) in [6.45, 7) is 1.50. The fourth-order valence-electron chi connectivity index (χ4n) is 2.12. The summed E-state index contributed by atoms with van der Waals surface area (Å²) in [4.78, 5) is 12.0. The van der Waals surface area contributed by atoms with Crippen molar-refractivity contribution in [1.29, 1.82) is 0 Å². The van der Waals surface area contributed by atoms with E-state index in [1.165, 1.54) is 6.07 Å². The van der Waals surface area contributed by atoms with E-state index in [0.717, 1.165) is 25.2 Å². The Hall–Kier alpha value is -1.08. The average molecular weight is 351 g/mol. The van der Waals surface area contributed by atoms with Crippen LogP contribution >= 0.6 is 15.9 Å². The van der Waals surface area contributed by atoms with Gasteiger partial charge in [0, 0.05) is 10.4 Å². The first-order chi connectivity index (χ1) is 9.38. The number of halogens is 4. The number of amides is 1. The molecule has 0 bridgehead atoms. The van der Waals surface area contributed by atoms with Crippen molar-refractivity contribution in [3.8, 4) is 0 Å². The van der Waals surface area contributed by atoms with Crippen LogP contribution in [0.15, 0.2) is 22.7 Å². The lowest BCUT2D eigenvalue weighted by molar-refractivity contribution is -0.137. The molecule has 1 saturated heterocycles. The van der Waals surface area contributed by atoms with Crippen molar-refractivity contribution >= 4 is 27.5 Å². The van der Waals surface area contributed by atoms with Crippen LogP contribution in [0.1, 0.15) is 18.4 Å². The SMILES string of the molecule is O=C(Nc1cc(C(F)(F)F)ccc1Br)C1CCNCC1. The van der Waals surface area contributed by atoms with Crippen molar-refractivity contribution in [3.63, 3.8) is 0 Å². The smallest absolute Gasteiger partial charge is 0.325 e. The van der Waals surface area contributed by atoms with E-state index in [1.54, 1.807) is 0 Å². The Morgan fingerprint density at radius 3 is 2.55 bits per heavy atom. The molecule has 1 heterocycles. The van der Waals surface area contributed by atoms with Crippen LogP contribution in [0.4, 0.5) is 18.9 Å². The van der Waals surface area contributed by atoms with Gasteiger partial charge in [0.1, 0.15) is 0 Å². The van der Waals surface area contributed by atoms with Crippen LogP contribution in [0.5, 0.6) is 0 Å². The van der Waals surface area contributed by atoms with E-state index >= 15 is 0 Å². The van der Waals surface area contributed by atoms with Crippen LogP contribution in [-0.4, -0.2) is 19.0 Å². The lowest BCUT2D eigenvalue weighted by atomic mass is 9.97. The number of nitrogens with one attached hydrogen (secondary N) is 2. The predicted molar refractivity (Wildman–Crippen MR) is 73.4 cm³/mol. The molecule has 0 aromatic heterocycles. The van der Waals surface area contributed by atoms with Crippen LogP contribution in [-0.2, 0) is 11.0 Å². The molecule has 0 saturated carbocycles. The highest BCUT2D eigenvalue weighted by Gasteiger charge is 2.31. The van der Waals surface area contributed by atoms with Gasteiger partial charge in [-0.15, -0.1) is 0 Å². The maximum absolute atomic E-state index is 12.7. The lowest BCUT2D eigenvalue weighted by Gasteiger charge is -2.22. The van der Waals surface area contributed by atoms with Crippen LogP contribution in [0.3, 0.4) is 0 Å². The van der Waals surface area contributed by atoms with Gasteiger partial charge in [0.25, 0.3) is 0 Å². The summed E-state index contributed by atoms with van der Waals surface area (Å²) in [6, 6.07) is 3.22. The molecular formula is C13H14BrF3N2O. The number of benzene rings is 1. The van der Waals surface area contributed by atoms with E-state index in [4.69, 9.17) is 0 Å². The van der Waals surface area contributed by atoms with Crippen molar-refractivity contribution in [2.45, 2.75) is 19.0 Å². The molecule has 0 atom stereocenters. The monoisotopic (exact) mass is 350 g/mol. The van der Waals surface area contributed by atoms with Gasteiger partial charge < -0.3 is 10.6 Å². The molecule has 1 aromatic rings. The van der Waals surface area contributed by atoms with Gasteiger partial charge in [0.05, 0.1) is 11.3 Å². The summed E-state index contributed by atoms with van der Waals surface area (Å²) in [5.74, 6) is -0.385. The highest BCUT2D eigenvalue weighted by Crippen LogP contribution is 2.34. The van der Waals surface area contributed by atoms with Gasteiger partial charge in [-0.1, -0.05) is 0 Å². The van der Waals surface area contributed by atoms with E-state index in [2.05, 4.69) is 26.6 Å². The highest BCUT2D eigenvalue weighted by molar-refractivity contribution is 9.10. The number of hydrogen-bond acceptors (Lipinski definition) is 2. The number of rotatable bonds is 2. The number of hydrogen-bond donors (Lipinski definition) is 2. The molecule has 0 spiro atoms. The van der Waals surface area contributed by atoms with E-state index in [0.29, 0.717) is 17.3 Å². The molecule has 1 fully saturated rings. The summed E-state index contributed by atoms with van der Waals surface area (Å²) < 4.78 is 38.4. The molecule has 1 amide bonds. The number of carbonyl (C=O) groups is 1. The minimum atomic E-state index is -4.42. The van der Waals surface area contributed by atoms with Crippen LogP contribution in [0.2, 0.25) is 0 Å². The first kappa shape index (κ1) is 15.3. The maximum atomic E-state index is 12.7. The van der Waals surface area contributed by atoms with Gasteiger partial charge in [-0.3, -0.25) is 4.79 Å². The van der Waals surface area contributed by atoms with E-state index < -0.39 is 11.7 Å². The topological polar surface area (TPSA) is 41.1 Å². The van der Waals surface area contributed by atoms with Crippen molar-refractivity contribution < 1.29 is 18.0 Å². The fourth-order valence-corrected chi connectivity index (χ4v) is 2.46. The number of alkyl halides is 3. The summed E-state index contributed by atoms with van der Waals surface area (Å²) >= 11 is 3.16. The number of piperidine rings is 1. The molecule has 2 N–H and O–H groups in total. The van der Waals surface area contributed by atoms with Crippen LogP contribution < -0.4 is 10.6 Å². The summed E-state index contributed by atoms with van der Waals surface area (Å²) in [6.07, 6.45) is -3.03. The number of carbonyl (C=O) groups excluding carboxylic acids is 1. The van der Waals surface area contributed by atoms with Gasteiger partial charge in [0.15, 0.2) is 0 Å². The van der Waals surface area contributed by atoms with Gasteiger partial charge in [-0.2, -0.15) is 13.2 Å². The summed E-state index contributed by atoms with van der Waals surface area (Å²) in [5.41, 5.74) is -0.621. The average Bonchev–Trinajstić information content (AvgIpc) is 2.41.